The first kappa shape index (κ1) is 21.0. The van der Waals surface area contributed by atoms with Gasteiger partial charge in [-0.25, -0.2) is 13.1 Å². The number of carbonyl (C=O) groups excluding carboxylic acids is 1. The van der Waals surface area contributed by atoms with Crippen LogP contribution in [-0.2, 0) is 16.4 Å². The number of sulfone groups is 1. The molecule has 0 aliphatic carbocycles. The van der Waals surface area contributed by atoms with Crippen LogP contribution < -0.4 is 10.9 Å². The largest absolute Gasteiger partial charge is 0.348 e. The fourth-order valence-corrected chi connectivity index (χ4v) is 5.52. The van der Waals surface area contributed by atoms with E-state index in [9.17, 15) is 18.0 Å². The monoisotopic (exact) mass is 437 g/mol. The first-order valence-corrected chi connectivity index (χ1v) is 12.0. The minimum atomic E-state index is -3.17. The summed E-state index contributed by atoms with van der Waals surface area (Å²) in [5, 5.41) is 7.34. The molecule has 1 unspecified atom stereocenters. The van der Waals surface area contributed by atoms with Crippen LogP contribution in [0.1, 0.15) is 23.7 Å². The number of rotatable bonds is 5. The van der Waals surface area contributed by atoms with E-state index in [1.165, 1.54) is 4.68 Å². The molecule has 1 N–H and O–H groups in total. The van der Waals surface area contributed by atoms with Gasteiger partial charge in [0, 0.05) is 23.7 Å². The Morgan fingerprint density at radius 1 is 1.06 bits per heavy atom. The van der Waals surface area contributed by atoms with Crippen molar-refractivity contribution < 1.29 is 13.2 Å². The molecule has 1 saturated heterocycles. The Hall–Kier alpha value is -3.26. The van der Waals surface area contributed by atoms with Gasteiger partial charge in [-0.3, -0.25) is 9.59 Å². The second-order valence-corrected chi connectivity index (χ2v) is 9.75. The summed E-state index contributed by atoms with van der Waals surface area (Å²) in [6, 6.07) is 18.1. The first-order valence-electron chi connectivity index (χ1n) is 10.2. The normalized spacial score (nSPS) is 17.4. The van der Waals surface area contributed by atoms with Gasteiger partial charge in [0.05, 0.1) is 17.2 Å². The van der Waals surface area contributed by atoms with E-state index in [0.29, 0.717) is 29.8 Å². The van der Waals surface area contributed by atoms with Crippen molar-refractivity contribution in [1.82, 2.24) is 15.1 Å². The zero-order valence-electron chi connectivity index (χ0n) is 17.1. The predicted octanol–water partition coefficient (Wildman–Crippen LogP) is 2.51. The maximum atomic E-state index is 13.3. The standard InChI is InChI=1S/C23H23N3O4S/c1-2-26-23(28)20(22(27)24-18-13-14-31(29,30)15-18)19(16-9-5-3-6-10-16)21(25-26)17-11-7-4-8-12-17/h3-12,18H,2,13-15H2,1H3,(H,24,27). The van der Waals surface area contributed by atoms with Gasteiger partial charge in [-0.05, 0) is 18.9 Å². The average molecular weight is 438 g/mol. The van der Waals surface area contributed by atoms with E-state index in [4.69, 9.17) is 0 Å². The number of aryl methyl sites for hydroxylation is 1. The summed E-state index contributed by atoms with van der Waals surface area (Å²) in [5.74, 6) is -0.653. The Morgan fingerprint density at radius 3 is 2.23 bits per heavy atom. The van der Waals surface area contributed by atoms with Crippen LogP contribution in [0, 0.1) is 0 Å². The van der Waals surface area contributed by atoms with Crippen molar-refractivity contribution in [2.45, 2.75) is 25.9 Å². The third kappa shape index (κ3) is 4.29. The fraction of sp³-hybridized carbons (Fsp3) is 0.261. The number of hydrogen-bond donors (Lipinski definition) is 1. The van der Waals surface area contributed by atoms with Crippen molar-refractivity contribution >= 4 is 15.7 Å². The minimum absolute atomic E-state index is 0.0220. The Bertz CT molecular complexity index is 1270. The Morgan fingerprint density at radius 2 is 1.68 bits per heavy atom. The first-order chi connectivity index (χ1) is 14.9. The predicted molar refractivity (Wildman–Crippen MR) is 120 cm³/mol. The van der Waals surface area contributed by atoms with E-state index < -0.39 is 27.3 Å². The van der Waals surface area contributed by atoms with E-state index in [2.05, 4.69) is 10.4 Å². The fourth-order valence-electron chi connectivity index (χ4n) is 3.85. The summed E-state index contributed by atoms with van der Waals surface area (Å²) in [5.41, 5.74) is 1.92. The molecular weight excluding hydrogens is 414 g/mol. The van der Waals surface area contributed by atoms with Crippen LogP contribution in [-0.4, -0.2) is 41.7 Å². The van der Waals surface area contributed by atoms with Crippen LogP contribution in [0.4, 0.5) is 0 Å². The number of carbonyl (C=O) groups is 1. The molecule has 8 heteroatoms. The highest BCUT2D eigenvalue weighted by atomic mass is 32.2. The van der Waals surface area contributed by atoms with Crippen LogP contribution >= 0.6 is 0 Å². The summed E-state index contributed by atoms with van der Waals surface area (Å²) in [7, 11) is -3.17. The van der Waals surface area contributed by atoms with E-state index in [1.54, 1.807) is 6.92 Å². The Balaban J connectivity index is 1.92. The summed E-state index contributed by atoms with van der Waals surface area (Å²) in [6.07, 6.45) is 0.341. The molecule has 2 aromatic carbocycles. The molecule has 1 atom stereocenters. The van der Waals surface area contributed by atoms with E-state index >= 15 is 0 Å². The highest BCUT2D eigenvalue weighted by Crippen LogP contribution is 2.32. The lowest BCUT2D eigenvalue weighted by molar-refractivity contribution is 0.0939. The van der Waals surface area contributed by atoms with Gasteiger partial charge in [0.2, 0.25) is 0 Å². The van der Waals surface area contributed by atoms with E-state index in [0.717, 1.165) is 5.56 Å². The molecule has 31 heavy (non-hydrogen) atoms. The molecule has 0 spiro atoms. The number of hydrogen-bond acceptors (Lipinski definition) is 5. The van der Waals surface area contributed by atoms with Crippen LogP contribution in [0.3, 0.4) is 0 Å². The van der Waals surface area contributed by atoms with Gasteiger partial charge < -0.3 is 5.32 Å². The van der Waals surface area contributed by atoms with Crippen LogP contribution in [0.15, 0.2) is 65.5 Å². The lowest BCUT2D eigenvalue weighted by atomic mass is 9.95. The SMILES string of the molecule is CCn1nc(-c2ccccc2)c(-c2ccccc2)c(C(=O)NC2CCS(=O)(=O)C2)c1=O. The quantitative estimate of drug-likeness (QED) is 0.661. The molecule has 1 fully saturated rings. The smallest absolute Gasteiger partial charge is 0.280 e. The lowest BCUT2D eigenvalue weighted by Gasteiger charge is -2.18. The third-order valence-electron chi connectivity index (χ3n) is 5.36. The molecule has 4 rings (SSSR count). The van der Waals surface area contributed by atoms with Crippen molar-refractivity contribution in [2.75, 3.05) is 11.5 Å². The van der Waals surface area contributed by atoms with Gasteiger partial charge >= 0.3 is 0 Å². The zero-order chi connectivity index (χ0) is 22.0. The van der Waals surface area contributed by atoms with Gasteiger partial charge in [-0.1, -0.05) is 60.7 Å². The number of nitrogens with one attached hydrogen (secondary N) is 1. The summed E-state index contributed by atoms with van der Waals surface area (Å²) >= 11 is 0. The second kappa shape index (κ2) is 8.47. The molecule has 2 heterocycles. The van der Waals surface area contributed by atoms with E-state index in [1.807, 2.05) is 60.7 Å². The molecule has 3 aromatic rings. The molecule has 160 valence electrons. The maximum Gasteiger partial charge on any atom is 0.280 e. The Labute approximate surface area is 180 Å². The molecule has 1 amide bonds. The van der Waals surface area contributed by atoms with Gasteiger partial charge in [-0.2, -0.15) is 5.10 Å². The Kier molecular flexibility index (Phi) is 5.73. The number of amides is 1. The van der Waals surface area contributed by atoms with Crippen LogP contribution in [0.5, 0.6) is 0 Å². The van der Waals surface area contributed by atoms with Crippen molar-refractivity contribution in [3.05, 3.63) is 76.6 Å². The van der Waals surface area contributed by atoms with Crippen molar-refractivity contribution in [1.29, 1.82) is 0 Å². The molecule has 7 nitrogen and oxygen atoms in total. The van der Waals surface area contributed by atoms with Crippen molar-refractivity contribution in [3.63, 3.8) is 0 Å². The number of nitrogens with zero attached hydrogens (tertiary/aromatic N) is 2. The molecule has 0 saturated carbocycles. The number of aromatic nitrogens is 2. The number of benzene rings is 2. The van der Waals surface area contributed by atoms with Gasteiger partial charge in [-0.15, -0.1) is 0 Å². The van der Waals surface area contributed by atoms with Crippen molar-refractivity contribution in [2.24, 2.45) is 0 Å². The lowest BCUT2D eigenvalue weighted by Crippen LogP contribution is -2.40. The van der Waals surface area contributed by atoms with Crippen LogP contribution in [0.2, 0.25) is 0 Å². The average Bonchev–Trinajstić information content (AvgIpc) is 3.12. The summed E-state index contributed by atoms with van der Waals surface area (Å²) in [4.78, 5) is 26.6. The summed E-state index contributed by atoms with van der Waals surface area (Å²) in [6.45, 7) is 2.09. The van der Waals surface area contributed by atoms with Crippen molar-refractivity contribution in [3.8, 4) is 22.4 Å². The summed E-state index contributed by atoms with van der Waals surface area (Å²) < 4.78 is 24.9. The second-order valence-electron chi connectivity index (χ2n) is 7.52. The van der Waals surface area contributed by atoms with Gasteiger partial charge in [0.15, 0.2) is 9.84 Å². The molecule has 1 aliphatic heterocycles. The minimum Gasteiger partial charge on any atom is -0.348 e. The molecule has 1 aromatic heterocycles. The highest BCUT2D eigenvalue weighted by molar-refractivity contribution is 7.91. The molecule has 1 aliphatic rings. The molecular formula is C23H23N3O4S. The maximum absolute atomic E-state index is 13.3. The van der Waals surface area contributed by atoms with Gasteiger partial charge in [0.1, 0.15) is 5.56 Å². The molecule has 0 radical (unpaired) electrons. The van der Waals surface area contributed by atoms with E-state index in [-0.39, 0.29) is 17.1 Å². The van der Waals surface area contributed by atoms with Gasteiger partial charge in [0.25, 0.3) is 11.5 Å². The third-order valence-corrected chi connectivity index (χ3v) is 7.13. The topological polar surface area (TPSA) is 98.1 Å². The van der Waals surface area contributed by atoms with Crippen LogP contribution in [0.25, 0.3) is 22.4 Å². The molecule has 0 bridgehead atoms. The highest BCUT2D eigenvalue weighted by Gasteiger charge is 2.31. The zero-order valence-corrected chi connectivity index (χ0v) is 17.9.